The zero-order valence-electron chi connectivity index (χ0n) is 10.1. The van der Waals surface area contributed by atoms with Gasteiger partial charge >= 0.3 is 0 Å². The van der Waals surface area contributed by atoms with Gasteiger partial charge in [-0.3, -0.25) is 4.79 Å². The maximum atomic E-state index is 12.3. The van der Waals surface area contributed by atoms with Gasteiger partial charge in [-0.2, -0.15) is 0 Å². The zero-order chi connectivity index (χ0) is 12.1. The summed E-state index contributed by atoms with van der Waals surface area (Å²) in [6.07, 6.45) is 0. The van der Waals surface area contributed by atoms with Gasteiger partial charge in [-0.25, -0.2) is 0 Å². The van der Waals surface area contributed by atoms with Crippen LogP contribution in [0.3, 0.4) is 0 Å². The lowest BCUT2D eigenvalue weighted by Gasteiger charge is -2.13. The third kappa shape index (κ3) is 1.59. The van der Waals surface area contributed by atoms with Crippen LogP contribution in [0.1, 0.15) is 11.5 Å². The molecule has 0 aromatic heterocycles. The van der Waals surface area contributed by atoms with Gasteiger partial charge in [-0.05, 0) is 23.5 Å². The van der Waals surface area contributed by atoms with Crippen molar-refractivity contribution in [2.45, 2.75) is 16.9 Å². The highest BCUT2D eigenvalue weighted by Crippen LogP contribution is 2.43. The predicted octanol–water partition coefficient (Wildman–Crippen LogP) is 1.21. The van der Waals surface area contributed by atoms with Gasteiger partial charge in [-0.1, -0.05) is 18.2 Å². The molecule has 94 valence electrons. The first-order valence-corrected chi connectivity index (χ1v) is 7.56. The Bertz CT molecular complexity index is 494. The molecule has 4 heteroatoms. The van der Waals surface area contributed by atoms with Crippen LogP contribution in [0.4, 0.5) is 0 Å². The molecular formula is C14H16N2OS. The molecule has 2 aliphatic heterocycles. The van der Waals surface area contributed by atoms with Crippen molar-refractivity contribution in [2.24, 2.45) is 11.8 Å². The van der Waals surface area contributed by atoms with Crippen molar-refractivity contribution in [3.63, 3.8) is 0 Å². The molecule has 3 aliphatic rings. The molecule has 1 saturated heterocycles. The molecule has 0 spiro atoms. The summed E-state index contributed by atoms with van der Waals surface area (Å²) in [4.78, 5) is 13.6. The van der Waals surface area contributed by atoms with Crippen molar-refractivity contribution >= 4 is 17.7 Å². The summed E-state index contributed by atoms with van der Waals surface area (Å²) in [5, 5.41) is 6.60. The third-order valence-corrected chi connectivity index (χ3v) is 5.60. The smallest absolute Gasteiger partial charge is 0.228 e. The topological polar surface area (TPSA) is 41.1 Å². The van der Waals surface area contributed by atoms with Crippen LogP contribution >= 0.6 is 11.8 Å². The molecule has 3 atom stereocenters. The van der Waals surface area contributed by atoms with Crippen LogP contribution in [0.15, 0.2) is 29.2 Å². The summed E-state index contributed by atoms with van der Waals surface area (Å²) in [7, 11) is 0. The Morgan fingerprint density at radius 3 is 2.89 bits per heavy atom. The highest BCUT2D eigenvalue weighted by molar-refractivity contribution is 7.99. The summed E-state index contributed by atoms with van der Waals surface area (Å²) >= 11 is 1.80. The summed E-state index contributed by atoms with van der Waals surface area (Å²) < 4.78 is 0. The van der Waals surface area contributed by atoms with E-state index >= 15 is 0 Å². The number of benzene rings is 1. The van der Waals surface area contributed by atoms with Gasteiger partial charge in [0.05, 0.1) is 5.92 Å². The highest BCUT2D eigenvalue weighted by Gasteiger charge is 2.54. The Morgan fingerprint density at radius 1 is 1.28 bits per heavy atom. The van der Waals surface area contributed by atoms with E-state index < -0.39 is 0 Å². The van der Waals surface area contributed by atoms with Gasteiger partial charge in [0.15, 0.2) is 0 Å². The van der Waals surface area contributed by atoms with E-state index in [4.69, 9.17) is 0 Å². The number of fused-ring (bicyclic) bond motifs is 2. The van der Waals surface area contributed by atoms with Crippen LogP contribution in [-0.4, -0.2) is 30.8 Å². The standard InChI is InChI=1S/C14H16N2OS/c17-14(16-13-9-5-15-6-10(9)13)11-7-18-12-4-2-1-3-8(11)12/h1-4,9-11,13,15H,5-7H2,(H,16,17). The molecule has 1 aliphatic carbocycles. The Balaban J connectivity index is 1.47. The van der Waals surface area contributed by atoms with Crippen LogP contribution < -0.4 is 10.6 Å². The molecule has 18 heavy (non-hydrogen) atoms. The SMILES string of the molecule is O=C(NC1C2CNCC21)C1CSc2ccccc21. The minimum atomic E-state index is 0.0560. The number of hydrogen-bond acceptors (Lipinski definition) is 3. The van der Waals surface area contributed by atoms with Crippen molar-refractivity contribution in [1.29, 1.82) is 0 Å². The number of carbonyl (C=O) groups excluding carboxylic acids is 1. The molecule has 2 N–H and O–H groups in total. The molecule has 1 saturated carbocycles. The second kappa shape index (κ2) is 4.00. The summed E-state index contributed by atoms with van der Waals surface area (Å²) in [6, 6.07) is 8.72. The van der Waals surface area contributed by atoms with Gasteiger partial charge in [0.25, 0.3) is 0 Å². The Morgan fingerprint density at radius 2 is 2.06 bits per heavy atom. The average molecular weight is 260 g/mol. The molecule has 3 unspecified atom stereocenters. The third-order valence-electron chi connectivity index (χ3n) is 4.42. The molecule has 0 bridgehead atoms. The lowest BCUT2D eigenvalue weighted by molar-refractivity contribution is -0.122. The normalized spacial score (nSPS) is 36.0. The lowest BCUT2D eigenvalue weighted by Crippen LogP contribution is -2.35. The van der Waals surface area contributed by atoms with Gasteiger partial charge in [0.2, 0.25) is 5.91 Å². The highest BCUT2D eigenvalue weighted by atomic mass is 32.2. The molecule has 0 radical (unpaired) electrons. The van der Waals surface area contributed by atoms with E-state index in [2.05, 4.69) is 22.8 Å². The van der Waals surface area contributed by atoms with Crippen LogP contribution in [-0.2, 0) is 4.79 Å². The summed E-state index contributed by atoms with van der Waals surface area (Å²) in [5.74, 6) is 2.56. The number of nitrogens with one attached hydrogen (secondary N) is 2. The molecule has 2 fully saturated rings. The first-order chi connectivity index (χ1) is 8.84. The monoisotopic (exact) mass is 260 g/mol. The van der Waals surface area contributed by atoms with Crippen LogP contribution in [0.5, 0.6) is 0 Å². The van der Waals surface area contributed by atoms with Crippen LogP contribution in [0.2, 0.25) is 0 Å². The molecule has 1 amide bonds. The van der Waals surface area contributed by atoms with Crippen molar-refractivity contribution in [1.82, 2.24) is 10.6 Å². The second-order valence-corrected chi connectivity index (χ2v) is 6.48. The molecule has 2 heterocycles. The first-order valence-electron chi connectivity index (χ1n) is 6.57. The Hall–Kier alpha value is -1.00. The molecule has 1 aromatic carbocycles. The fourth-order valence-electron chi connectivity index (χ4n) is 3.28. The maximum Gasteiger partial charge on any atom is 0.228 e. The lowest BCUT2D eigenvalue weighted by atomic mass is 10.0. The Kier molecular flexibility index (Phi) is 2.42. The van der Waals surface area contributed by atoms with E-state index in [1.165, 1.54) is 10.5 Å². The number of hydrogen-bond donors (Lipinski definition) is 2. The minimum Gasteiger partial charge on any atom is -0.352 e. The summed E-state index contributed by atoms with van der Waals surface area (Å²) in [5.41, 5.74) is 1.21. The van der Waals surface area contributed by atoms with E-state index in [0.717, 1.165) is 18.8 Å². The Labute approximate surface area is 111 Å². The molecule has 4 rings (SSSR count). The second-order valence-electron chi connectivity index (χ2n) is 5.42. The molecule has 1 aromatic rings. The van der Waals surface area contributed by atoms with Crippen molar-refractivity contribution in [3.8, 4) is 0 Å². The van der Waals surface area contributed by atoms with Crippen LogP contribution in [0, 0.1) is 11.8 Å². The predicted molar refractivity (Wildman–Crippen MR) is 71.7 cm³/mol. The van der Waals surface area contributed by atoms with E-state index in [1.54, 1.807) is 11.8 Å². The quantitative estimate of drug-likeness (QED) is 0.840. The number of carbonyl (C=O) groups is 1. The van der Waals surface area contributed by atoms with Crippen LogP contribution in [0.25, 0.3) is 0 Å². The van der Waals surface area contributed by atoms with Crippen molar-refractivity contribution in [3.05, 3.63) is 29.8 Å². The minimum absolute atomic E-state index is 0.0560. The zero-order valence-corrected chi connectivity index (χ0v) is 10.9. The fraction of sp³-hybridized carbons (Fsp3) is 0.500. The van der Waals surface area contributed by atoms with Gasteiger partial charge < -0.3 is 10.6 Å². The van der Waals surface area contributed by atoms with Gasteiger partial charge in [-0.15, -0.1) is 11.8 Å². The summed E-state index contributed by atoms with van der Waals surface area (Å²) in [6.45, 7) is 2.15. The van der Waals surface area contributed by atoms with Gasteiger partial charge in [0, 0.05) is 29.8 Å². The molecule has 3 nitrogen and oxygen atoms in total. The number of amides is 1. The number of thioether (sulfide) groups is 1. The molecular weight excluding hydrogens is 244 g/mol. The van der Waals surface area contributed by atoms with E-state index in [9.17, 15) is 4.79 Å². The average Bonchev–Trinajstić information content (AvgIpc) is 2.84. The van der Waals surface area contributed by atoms with Crippen molar-refractivity contribution < 1.29 is 4.79 Å². The fourth-order valence-corrected chi connectivity index (χ4v) is 4.51. The van der Waals surface area contributed by atoms with E-state index in [1.807, 2.05) is 12.1 Å². The van der Waals surface area contributed by atoms with Crippen molar-refractivity contribution in [2.75, 3.05) is 18.8 Å². The van der Waals surface area contributed by atoms with E-state index in [-0.39, 0.29) is 11.8 Å². The number of piperidine rings is 1. The van der Waals surface area contributed by atoms with E-state index in [0.29, 0.717) is 17.9 Å². The largest absolute Gasteiger partial charge is 0.352 e. The van der Waals surface area contributed by atoms with Gasteiger partial charge in [0.1, 0.15) is 0 Å². The first kappa shape index (κ1) is 10.9. The number of rotatable bonds is 2. The maximum absolute atomic E-state index is 12.3.